The molecule has 0 saturated carbocycles. The van der Waals surface area contributed by atoms with E-state index >= 15 is 0 Å². The van der Waals surface area contributed by atoms with Gasteiger partial charge in [-0.15, -0.1) is 11.3 Å². The zero-order chi connectivity index (χ0) is 15.4. The summed E-state index contributed by atoms with van der Waals surface area (Å²) in [5, 5.41) is 5.27. The Kier molecular flexibility index (Phi) is 5.41. The molecule has 0 aliphatic heterocycles. The van der Waals surface area contributed by atoms with Crippen molar-refractivity contribution in [3.05, 3.63) is 21.8 Å². The lowest BCUT2D eigenvalue weighted by Gasteiger charge is -2.11. The van der Waals surface area contributed by atoms with E-state index in [0.717, 1.165) is 6.42 Å². The first-order valence-corrected chi connectivity index (χ1v) is 8.92. The molecule has 2 aromatic heterocycles. The second kappa shape index (κ2) is 7.09. The third-order valence-electron chi connectivity index (χ3n) is 3.06. The number of rotatable bonds is 6. The van der Waals surface area contributed by atoms with Crippen LogP contribution in [0.2, 0.25) is 0 Å². The number of nitrogens with one attached hydrogen (secondary N) is 1. The van der Waals surface area contributed by atoms with Crippen LogP contribution in [-0.4, -0.2) is 28.3 Å². The van der Waals surface area contributed by atoms with Crippen LogP contribution in [0.1, 0.15) is 20.3 Å². The van der Waals surface area contributed by atoms with Crippen LogP contribution in [0.5, 0.6) is 0 Å². The van der Waals surface area contributed by atoms with Crippen molar-refractivity contribution < 1.29 is 4.79 Å². The lowest BCUT2D eigenvalue weighted by molar-refractivity contribution is -0.121. The van der Waals surface area contributed by atoms with Gasteiger partial charge in [0.25, 0.3) is 5.56 Å². The van der Waals surface area contributed by atoms with Gasteiger partial charge in [-0.1, -0.05) is 25.6 Å². The number of carbonyl (C=O) groups excluding carboxylic acids is 1. The molecule has 0 spiro atoms. The number of thiophene rings is 1. The zero-order valence-corrected chi connectivity index (χ0v) is 14.0. The maximum absolute atomic E-state index is 12.4. The van der Waals surface area contributed by atoms with Gasteiger partial charge >= 0.3 is 0 Å². The van der Waals surface area contributed by atoms with Crippen molar-refractivity contribution in [3.8, 4) is 0 Å². The number of hydrogen-bond donors (Lipinski definition) is 1. The van der Waals surface area contributed by atoms with Crippen molar-refractivity contribution in [1.29, 1.82) is 0 Å². The van der Waals surface area contributed by atoms with Crippen LogP contribution in [0.3, 0.4) is 0 Å². The highest BCUT2D eigenvalue weighted by atomic mass is 32.2. The molecule has 21 heavy (non-hydrogen) atoms. The van der Waals surface area contributed by atoms with Gasteiger partial charge < -0.3 is 5.32 Å². The zero-order valence-electron chi connectivity index (χ0n) is 12.4. The number of hydrogen-bond acceptors (Lipinski definition) is 5. The number of nitrogens with zero attached hydrogens (tertiary/aromatic N) is 2. The first-order chi connectivity index (χ1) is 10.0. The summed E-state index contributed by atoms with van der Waals surface area (Å²) in [7, 11) is 0. The van der Waals surface area contributed by atoms with Gasteiger partial charge in [0, 0.05) is 6.54 Å². The summed E-state index contributed by atoms with van der Waals surface area (Å²) in [5.41, 5.74) is 0.559. The second-order valence-electron chi connectivity index (χ2n) is 5.16. The summed E-state index contributed by atoms with van der Waals surface area (Å²) in [6.45, 7) is 4.87. The first-order valence-electron chi connectivity index (χ1n) is 6.81. The average Bonchev–Trinajstić information content (AvgIpc) is 2.89. The molecular weight excluding hydrogens is 306 g/mol. The van der Waals surface area contributed by atoms with E-state index in [4.69, 9.17) is 0 Å². The highest BCUT2D eigenvalue weighted by Crippen LogP contribution is 2.19. The van der Waals surface area contributed by atoms with E-state index in [1.54, 1.807) is 0 Å². The van der Waals surface area contributed by atoms with Crippen LogP contribution in [0.25, 0.3) is 10.2 Å². The molecule has 2 heterocycles. The van der Waals surface area contributed by atoms with Crippen molar-refractivity contribution in [2.24, 2.45) is 5.92 Å². The minimum Gasteiger partial charge on any atom is -0.355 e. The molecule has 0 radical (unpaired) electrons. The third kappa shape index (κ3) is 3.85. The van der Waals surface area contributed by atoms with Crippen molar-refractivity contribution in [2.45, 2.75) is 32.0 Å². The fourth-order valence-electron chi connectivity index (χ4n) is 1.92. The molecule has 0 fully saturated rings. The summed E-state index contributed by atoms with van der Waals surface area (Å²) < 4.78 is 2.05. The van der Waals surface area contributed by atoms with Gasteiger partial charge in [-0.3, -0.25) is 14.2 Å². The highest BCUT2D eigenvalue weighted by Gasteiger charge is 2.14. The van der Waals surface area contributed by atoms with E-state index in [1.165, 1.54) is 27.7 Å². The molecule has 2 aromatic rings. The summed E-state index contributed by atoms with van der Waals surface area (Å²) in [6.07, 6.45) is 2.78. The van der Waals surface area contributed by atoms with Gasteiger partial charge in [0.15, 0.2) is 5.16 Å². The molecule has 0 bridgehead atoms. The van der Waals surface area contributed by atoms with Gasteiger partial charge in [-0.2, -0.15) is 0 Å². The fourth-order valence-corrected chi connectivity index (χ4v) is 3.25. The topological polar surface area (TPSA) is 64.0 Å². The molecule has 2 rings (SSSR count). The Balaban J connectivity index is 2.19. The number of carbonyl (C=O) groups is 1. The number of thioether (sulfide) groups is 1. The molecule has 0 unspecified atom stereocenters. The van der Waals surface area contributed by atoms with Crippen LogP contribution in [-0.2, 0) is 11.3 Å². The summed E-state index contributed by atoms with van der Waals surface area (Å²) >= 11 is 2.73. The standard InChI is InChI=1S/C14H19N3O2S2/c1-9(2)4-6-15-11(18)8-17-13(19)12-10(5-7-21-12)16-14(17)20-3/h5,7,9H,4,6,8H2,1-3H3,(H,15,18). The van der Waals surface area contributed by atoms with E-state index in [0.29, 0.717) is 27.8 Å². The minimum absolute atomic E-state index is 0.0218. The van der Waals surface area contributed by atoms with Crippen LogP contribution < -0.4 is 10.9 Å². The van der Waals surface area contributed by atoms with E-state index in [2.05, 4.69) is 24.1 Å². The van der Waals surface area contributed by atoms with E-state index in [1.807, 2.05) is 17.7 Å². The SMILES string of the molecule is CSc1nc2ccsc2c(=O)n1CC(=O)NCCC(C)C. The van der Waals surface area contributed by atoms with Gasteiger partial charge in [-0.05, 0) is 30.0 Å². The van der Waals surface area contributed by atoms with Crippen molar-refractivity contribution in [1.82, 2.24) is 14.9 Å². The van der Waals surface area contributed by atoms with Crippen LogP contribution in [0.15, 0.2) is 21.4 Å². The van der Waals surface area contributed by atoms with Gasteiger partial charge in [0.2, 0.25) is 5.91 Å². The Morgan fingerprint density at radius 3 is 2.95 bits per heavy atom. The lowest BCUT2D eigenvalue weighted by atomic mass is 10.1. The summed E-state index contributed by atoms with van der Waals surface area (Å²) in [4.78, 5) is 28.8. The number of amides is 1. The average molecular weight is 325 g/mol. The molecule has 7 heteroatoms. The van der Waals surface area contributed by atoms with Crippen LogP contribution in [0.4, 0.5) is 0 Å². The van der Waals surface area contributed by atoms with Crippen molar-refractivity contribution in [2.75, 3.05) is 12.8 Å². The molecule has 0 atom stereocenters. The maximum Gasteiger partial charge on any atom is 0.272 e. The Hall–Kier alpha value is -1.34. The van der Waals surface area contributed by atoms with E-state index < -0.39 is 0 Å². The highest BCUT2D eigenvalue weighted by molar-refractivity contribution is 7.98. The molecule has 0 aliphatic rings. The first kappa shape index (κ1) is 16.0. The lowest BCUT2D eigenvalue weighted by Crippen LogP contribution is -2.34. The molecule has 114 valence electrons. The number of fused-ring (bicyclic) bond motifs is 1. The molecule has 5 nitrogen and oxygen atoms in total. The second-order valence-corrected chi connectivity index (χ2v) is 6.85. The predicted octanol–water partition coefficient (Wildman–Crippen LogP) is 2.34. The molecule has 0 aromatic carbocycles. The van der Waals surface area contributed by atoms with Gasteiger partial charge in [-0.25, -0.2) is 4.98 Å². The Morgan fingerprint density at radius 1 is 1.52 bits per heavy atom. The number of aromatic nitrogens is 2. The smallest absolute Gasteiger partial charge is 0.272 e. The molecule has 1 N–H and O–H groups in total. The third-order valence-corrected chi connectivity index (χ3v) is 4.63. The van der Waals surface area contributed by atoms with Crippen LogP contribution in [0, 0.1) is 5.92 Å². The Bertz CT molecular complexity index is 691. The predicted molar refractivity (Wildman–Crippen MR) is 88.1 cm³/mol. The quantitative estimate of drug-likeness (QED) is 0.654. The maximum atomic E-state index is 12.4. The van der Waals surface area contributed by atoms with Crippen LogP contribution >= 0.6 is 23.1 Å². The summed E-state index contributed by atoms with van der Waals surface area (Å²) in [6, 6.07) is 1.83. The molecule has 0 saturated heterocycles. The van der Waals surface area contributed by atoms with E-state index in [9.17, 15) is 9.59 Å². The summed E-state index contributed by atoms with van der Waals surface area (Å²) in [5.74, 6) is 0.393. The monoisotopic (exact) mass is 325 g/mol. The van der Waals surface area contributed by atoms with Crippen molar-refractivity contribution in [3.63, 3.8) is 0 Å². The molecule has 1 amide bonds. The van der Waals surface area contributed by atoms with Gasteiger partial charge in [0.05, 0.1) is 5.52 Å². The Morgan fingerprint density at radius 2 is 2.29 bits per heavy atom. The molecular formula is C14H19N3O2S2. The Labute approximate surface area is 131 Å². The fraction of sp³-hybridized carbons (Fsp3) is 0.500. The normalized spacial score (nSPS) is 11.2. The largest absolute Gasteiger partial charge is 0.355 e. The van der Waals surface area contributed by atoms with Gasteiger partial charge in [0.1, 0.15) is 11.2 Å². The minimum atomic E-state index is -0.147. The van der Waals surface area contributed by atoms with Crippen molar-refractivity contribution >= 4 is 39.2 Å². The molecule has 0 aliphatic carbocycles. The van der Waals surface area contributed by atoms with E-state index in [-0.39, 0.29) is 18.0 Å².